The van der Waals surface area contributed by atoms with E-state index in [0.717, 1.165) is 66.1 Å². The molecule has 0 unspecified atom stereocenters. The summed E-state index contributed by atoms with van der Waals surface area (Å²) in [6.45, 7) is 4.13. The number of phosphoric ester groups is 1. The van der Waals surface area contributed by atoms with Crippen molar-refractivity contribution >= 4 is 29.4 Å². The summed E-state index contributed by atoms with van der Waals surface area (Å²) in [6.07, 6.45) is 0. The van der Waals surface area contributed by atoms with Gasteiger partial charge in [0.25, 0.3) is 0 Å². The number of benzene rings is 6. The molecule has 0 atom stereocenters. The van der Waals surface area contributed by atoms with Crippen LogP contribution in [0.2, 0.25) is 0 Å². The van der Waals surface area contributed by atoms with Gasteiger partial charge in [-0.2, -0.15) is 0 Å². The third-order valence-electron chi connectivity index (χ3n) is 7.33. The highest BCUT2D eigenvalue weighted by Gasteiger charge is 2.37. The second-order valence-corrected chi connectivity index (χ2v) is 11.4. The zero-order valence-electron chi connectivity index (χ0n) is 21.5. The van der Waals surface area contributed by atoms with Gasteiger partial charge in [0.1, 0.15) is 11.5 Å². The lowest BCUT2D eigenvalue weighted by Gasteiger charge is -2.19. The third kappa shape index (κ3) is 4.01. The van der Waals surface area contributed by atoms with E-state index in [1.54, 1.807) is 0 Å². The van der Waals surface area contributed by atoms with Crippen LogP contribution in [0, 0.1) is 13.8 Å². The fourth-order valence-electron chi connectivity index (χ4n) is 5.61. The maximum Gasteiger partial charge on any atom is 0.584 e. The molecule has 1 N–H and O–H groups in total. The first-order valence-electron chi connectivity index (χ1n) is 12.9. The lowest BCUT2D eigenvalue weighted by Crippen LogP contribution is -2.00. The normalized spacial score (nSPS) is 13.7. The van der Waals surface area contributed by atoms with Gasteiger partial charge in [-0.15, -0.1) is 0 Å². The SMILES string of the molecule is Cc1ccc2c3c(c(-c4ccccc4)cc2c1)OP(=O)(O)Oc1c(-c2ccccc2)cc2cc(C)ccc2c1-3. The second-order valence-electron chi connectivity index (χ2n) is 10.1. The molecule has 0 amide bonds. The van der Waals surface area contributed by atoms with Gasteiger partial charge in [0.2, 0.25) is 0 Å². The van der Waals surface area contributed by atoms with Gasteiger partial charge >= 0.3 is 7.82 Å². The van der Waals surface area contributed by atoms with Crippen LogP contribution in [0.15, 0.2) is 109 Å². The van der Waals surface area contributed by atoms with Crippen molar-refractivity contribution in [2.75, 3.05) is 0 Å². The Balaban J connectivity index is 1.73. The summed E-state index contributed by atoms with van der Waals surface area (Å²) in [6, 6.07) is 36.2. The molecule has 7 rings (SSSR count). The van der Waals surface area contributed by atoms with Crippen molar-refractivity contribution in [1.29, 1.82) is 0 Å². The number of aryl methyl sites for hydroxylation is 2. The minimum absolute atomic E-state index is 0.342. The Morgan fingerprint density at radius 2 is 0.974 bits per heavy atom. The van der Waals surface area contributed by atoms with Gasteiger partial charge in [-0.05, 0) is 58.7 Å². The summed E-state index contributed by atoms with van der Waals surface area (Å²) in [7, 11) is -4.56. The highest BCUT2D eigenvalue weighted by Crippen LogP contribution is 2.61. The van der Waals surface area contributed by atoms with Gasteiger partial charge in [0, 0.05) is 22.3 Å². The van der Waals surface area contributed by atoms with Crippen LogP contribution in [0.4, 0.5) is 0 Å². The van der Waals surface area contributed by atoms with E-state index < -0.39 is 7.82 Å². The van der Waals surface area contributed by atoms with Gasteiger partial charge < -0.3 is 9.05 Å². The number of rotatable bonds is 2. The Morgan fingerprint density at radius 1 is 0.564 bits per heavy atom. The van der Waals surface area contributed by atoms with E-state index in [1.807, 2.05) is 72.8 Å². The molecule has 0 radical (unpaired) electrons. The molecule has 0 saturated heterocycles. The van der Waals surface area contributed by atoms with Crippen LogP contribution < -0.4 is 9.05 Å². The van der Waals surface area contributed by atoms with E-state index in [2.05, 4.69) is 50.2 Å². The lowest BCUT2D eigenvalue weighted by atomic mass is 9.86. The third-order valence-corrected chi connectivity index (χ3v) is 8.16. The molecule has 0 fully saturated rings. The fourth-order valence-corrected chi connectivity index (χ4v) is 6.49. The molecule has 39 heavy (non-hydrogen) atoms. The number of fused-ring (bicyclic) bond motifs is 7. The molecule has 0 spiro atoms. The molecule has 1 aliphatic rings. The molecule has 6 aromatic carbocycles. The largest absolute Gasteiger partial charge is 0.584 e. The molecule has 5 heteroatoms. The van der Waals surface area contributed by atoms with Crippen molar-refractivity contribution < 1.29 is 18.5 Å². The highest BCUT2D eigenvalue weighted by atomic mass is 31.2. The Bertz CT molecular complexity index is 1820. The van der Waals surface area contributed by atoms with Crippen molar-refractivity contribution in [3.63, 3.8) is 0 Å². The summed E-state index contributed by atoms with van der Waals surface area (Å²) >= 11 is 0. The first-order valence-corrected chi connectivity index (χ1v) is 14.4. The van der Waals surface area contributed by atoms with Crippen molar-refractivity contribution in [1.82, 2.24) is 0 Å². The van der Waals surface area contributed by atoms with Gasteiger partial charge in [-0.1, -0.05) is 108 Å². The monoisotopic (exact) mass is 528 g/mol. The van der Waals surface area contributed by atoms with Crippen LogP contribution in [0.5, 0.6) is 11.5 Å². The summed E-state index contributed by atoms with van der Waals surface area (Å²) in [4.78, 5) is 11.1. The zero-order chi connectivity index (χ0) is 26.7. The Morgan fingerprint density at radius 3 is 1.38 bits per heavy atom. The Kier molecular flexibility index (Phi) is 5.38. The molecule has 0 aliphatic carbocycles. The van der Waals surface area contributed by atoms with Crippen LogP contribution in [-0.2, 0) is 4.57 Å². The van der Waals surface area contributed by atoms with Crippen molar-refractivity contribution in [3.8, 4) is 44.9 Å². The van der Waals surface area contributed by atoms with Crippen molar-refractivity contribution in [3.05, 3.63) is 120 Å². The molecule has 0 saturated carbocycles. The van der Waals surface area contributed by atoms with Crippen LogP contribution in [-0.4, -0.2) is 4.89 Å². The van der Waals surface area contributed by atoms with E-state index in [1.165, 1.54) is 0 Å². The summed E-state index contributed by atoms with van der Waals surface area (Å²) in [5, 5.41) is 3.88. The predicted octanol–water partition coefficient (Wildman–Crippen LogP) is 9.48. The van der Waals surface area contributed by atoms with Crippen LogP contribution in [0.1, 0.15) is 11.1 Å². The maximum absolute atomic E-state index is 13.6. The lowest BCUT2D eigenvalue weighted by molar-refractivity contribution is 0.295. The van der Waals surface area contributed by atoms with E-state index in [9.17, 15) is 9.46 Å². The van der Waals surface area contributed by atoms with E-state index in [4.69, 9.17) is 9.05 Å². The van der Waals surface area contributed by atoms with Gasteiger partial charge in [0.05, 0.1) is 0 Å². The van der Waals surface area contributed by atoms with E-state index >= 15 is 0 Å². The molecule has 1 aliphatic heterocycles. The Labute approximate surface area is 226 Å². The summed E-state index contributed by atoms with van der Waals surface area (Å²) in [5.41, 5.74) is 7.00. The standard InChI is InChI=1S/C34H25O4P/c1-21-13-15-27-25(17-21)19-29(23-9-5-3-6-10-23)33-31(27)32-28-16-14-22(2)18-26(28)20-30(24-11-7-4-8-12-24)34(32)38-39(35,36)37-33/h3-20H,1-2H3,(H,35,36). The maximum atomic E-state index is 13.6. The average molecular weight is 529 g/mol. The topological polar surface area (TPSA) is 55.8 Å². The average Bonchev–Trinajstić information content (AvgIpc) is 3.06. The minimum Gasteiger partial charge on any atom is -0.394 e. The molecular formula is C34H25O4P. The molecule has 0 aromatic heterocycles. The quantitative estimate of drug-likeness (QED) is 0.227. The van der Waals surface area contributed by atoms with Crippen LogP contribution >= 0.6 is 7.82 Å². The summed E-state index contributed by atoms with van der Waals surface area (Å²) in [5.74, 6) is 0.684. The fraction of sp³-hybridized carbons (Fsp3) is 0.0588. The van der Waals surface area contributed by atoms with E-state index in [-0.39, 0.29) is 0 Å². The number of phosphoric acid groups is 1. The Hall–Kier alpha value is -4.37. The van der Waals surface area contributed by atoms with Gasteiger partial charge in [-0.25, -0.2) is 4.57 Å². The zero-order valence-corrected chi connectivity index (χ0v) is 22.4. The molecule has 6 aromatic rings. The van der Waals surface area contributed by atoms with Gasteiger partial charge in [0.15, 0.2) is 0 Å². The molecule has 190 valence electrons. The number of hydrogen-bond acceptors (Lipinski definition) is 3. The van der Waals surface area contributed by atoms with Crippen molar-refractivity contribution in [2.24, 2.45) is 0 Å². The minimum atomic E-state index is -4.56. The first-order chi connectivity index (χ1) is 18.9. The first kappa shape index (κ1) is 23.7. The molecule has 1 heterocycles. The predicted molar refractivity (Wildman–Crippen MR) is 158 cm³/mol. The van der Waals surface area contributed by atoms with Crippen LogP contribution in [0.25, 0.3) is 54.9 Å². The highest BCUT2D eigenvalue weighted by molar-refractivity contribution is 7.48. The van der Waals surface area contributed by atoms with Crippen molar-refractivity contribution in [2.45, 2.75) is 13.8 Å². The number of hydrogen-bond donors (Lipinski definition) is 1. The smallest absolute Gasteiger partial charge is 0.394 e. The molecule has 4 nitrogen and oxygen atoms in total. The van der Waals surface area contributed by atoms with Crippen LogP contribution in [0.3, 0.4) is 0 Å². The van der Waals surface area contributed by atoms with E-state index in [0.29, 0.717) is 11.5 Å². The molecular weight excluding hydrogens is 503 g/mol. The molecule has 0 bridgehead atoms. The summed E-state index contributed by atoms with van der Waals surface area (Å²) < 4.78 is 25.6. The second kappa shape index (κ2) is 8.84. The van der Waals surface area contributed by atoms with Gasteiger partial charge in [-0.3, -0.25) is 4.89 Å².